The van der Waals surface area contributed by atoms with Gasteiger partial charge in [-0.1, -0.05) is 32.5 Å². The van der Waals surface area contributed by atoms with Gasteiger partial charge in [-0.15, -0.1) is 0 Å². The minimum atomic E-state index is -0.162. The summed E-state index contributed by atoms with van der Waals surface area (Å²) in [5.74, 6) is 0.635. The number of methoxy groups -OCH3 is 1. The first-order valence-electron chi connectivity index (χ1n) is 7.35. The Morgan fingerprint density at radius 3 is 2.91 bits per heavy atom. The largest absolute Gasteiger partial charge is 0.383 e. The SMILES string of the molecule is COCCNC(=O)CC1CSc2nc(C(C)(C)C)cc(=O)n21. The maximum Gasteiger partial charge on any atom is 0.254 e. The van der Waals surface area contributed by atoms with Gasteiger partial charge in [0.05, 0.1) is 18.3 Å². The first kappa shape index (κ1) is 17.0. The zero-order valence-electron chi connectivity index (χ0n) is 13.5. The van der Waals surface area contributed by atoms with E-state index in [1.54, 1.807) is 17.7 Å². The van der Waals surface area contributed by atoms with Crippen LogP contribution in [0.15, 0.2) is 16.0 Å². The molecule has 0 saturated carbocycles. The molecule has 2 rings (SSSR count). The van der Waals surface area contributed by atoms with Gasteiger partial charge in [-0.2, -0.15) is 0 Å². The van der Waals surface area contributed by atoms with Crippen molar-refractivity contribution in [1.29, 1.82) is 0 Å². The number of nitrogens with zero attached hydrogens (tertiary/aromatic N) is 2. The molecule has 1 aliphatic heterocycles. The van der Waals surface area contributed by atoms with Crippen LogP contribution >= 0.6 is 11.8 Å². The summed E-state index contributed by atoms with van der Waals surface area (Å²) in [6.45, 7) is 7.07. The van der Waals surface area contributed by atoms with Gasteiger partial charge in [-0.3, -0.25) is 14.2 Å². The van der Waals surface area contributed by atoms with Crippen LogP contribution in [0.1, 0.15) is 38.9 Å². The molecule has 22 heavy (non-hydrogen) atoms. The molecule has 1 aliphatic rings. The molecule has 2 heterocycles. The van der Waals surface area contributed by atoms with Crippen molar-refractivity contribution in [3.8, 4) is 0 Å². The van der Waals surface area contributed by atoms with E-state index in [1.165, 1.54) is 11.8 Å². The number of hydrogen-bond acceptors (Lipinski definition) is 5. The second-order valence-corrected chi connectivity index (χ2v) is 7.38. The van der Waals surface area contributed by atoms with Crippen molar-refractivity contribution in [3.05, 3.63) is 22.1 Å². The number of rotatable bonds is 5. The zero-order chi connectivity index (χ0) is 16.3. The number of ether oxygens (including phenoxy) is 1. The van der Waals surface area contributed by atoms with E-state index in [2.05, 4.69) is 10.3 Å². The van der Waals surface area contributed by atoms with E-state index in [1.807, 2.05) is 20.8 Å². The number of thioether (sulfide) groups is 1. The minimum Gasteiger partial charge on any atom is -0.383 e. The van der Waals surface area contributed by atoms with Gasteiger partial charge in [0.1, 0.15) is 0 Å². The molecular formula is C15H23N3O3S. The molecule has 0 spiro atoms. The monoisotopic (exact) mass is 325 g/mol. The van der Waals surface area contributed by atoms with Crippen molar-refractivity contribution in [2.24, 2.45) is 0 Å². The molecule has 0 aromatic carbocycles. The van der Waals surface area contributed by atoms with Gasteiger partial charge >= 0.3 is 0 Å². The second kappa shape index (κ2) is 6.83. The van der Waals surface area contributed by atoms with E-state index < -0.39 is 0 Å². The number of aromatic nitrogens is 2. The van der Waals surface area contributed by atoms with E-state index >= 15 is 0 Å². The summed E-state index contributed by atoms with van der Waals surface area (Å²) in [7, 11) is 1.59. The maximum absolute atomic E-state index is 12.4. The number of fused-ring (bicyclic) bond motifs is 1. The van der Waals surface area contributed by atoms with Gasteiger partial charge in [-0.05, 0) is 0 Å². The van der Waals surface area contributed by atoms with Gasteiger partial charge in [0.15, 0.2) is 5.16 Å². The van der Waals surface area contributed by atoms with E-state index in [-0.39, 0.29) is 22.9 Å². The van der Waals surface area contributed by atoms with Crippen LogP contribution in [-0.4, -0.2) is 41.5 Å². The predicted octanol–water partition coefficient (Wildman–Crippen LogP) is 1.34. The van der Waals surface area contributed by atoms with Crippen LogP contribution in [0.25, 0.3) is 0 Å². The average Bonchev–Trinajstić information content (AvgIpc) is 2.81. The summed E-state index contributed by atoms with van der Waals surface area (Å²) >= 11 is 1.54. The summed E-state index contributed by atoms with van der Waals surface area (Å²) in [5, 5.41) is 3.50. The lowest BCUT2D eigenvalue weighted by molar-refractivity contribution is -0.121. The van der Waals surface area contributed by atoms with Crippen LogP contribution in [0.4, 0.5) is 0 Å². The van der Waals surface area contributed by atoms with Crippen molar-refractivity contribution >= 4 is 17.7 Å². The summed E-state index contributed by atoms with van der Waals surface area (Å²) in [6, 6.07) is 1.46. The topological polar surface area (TPSA) is 73.2 Å². The second-order valence-electron chi connectivity index (χ2n) is 6.39. The van der Waals surface area contributed by atoms with Crippen LogP contribution < -0.4 is 10.9 Å². The van der Waals surface area contributed by atoms with Crippen LogP contribution in [0.2, 0.25) is 0 Å². The quantitative estimate of drug-likeness (QED) is 0.653. The summed E-state index contributed by atoms with van der Waals surface area (Å²) in [5.41, 5.74) is 0.557. The molecule has 0 fully saturated rings. The van der Waals surface area contributed by atoms with Crippen LogP contribution in [0, 0.1) is 0 Å². The molecular weight excluding hydrogens is 302 g/mol. The lowest BCUT2D eigenvalue weighted by Gasteiger charge is -2.19. The summed E-state index contributed by atoms with van der Waals surface area (Å²) < 4.78 is 6.55. The highest BCUT2D eigenvalue weighted by Gasteiger charge is 2.29. The highest BCUT2D eigenvalue weighted by atomic mass is 32.2. The zero-order valence-corrected chi connectivity index (χ0v) is 14.3. The molecule has 0 bridgehead atoms. The number of carbonyl (C=O) groups excluding carboxylic acids is 1. The Morgan fingerprint density at radius 1 is 1.55 bits per heavy atom. The normalized spacial score (nSPS) is 17.4. The fourth-order valence-corrected chi connectivity index (χ4v) is 3.42. The van der Waals surface area contributed by atoms with E-state index in [0.717, 1.165) is 5.69 Å². The van der Waals surface area contributed by atoms with Crippen LogP contribution in [0.3, 0.4) is 0 Å². The Labute approximate surface area is 134 Å². The first-order valence-corrected chi connectivity index (χ1v) is 8.34. The molecule has 1 N–H and O–H groups in total. The lowest BCUT2D eigenvalue weighted by atomic mass is 9.92. The van der Waals surface area contributed by atoms with Gasteiger partial charge in [-0.25, -0.2) is 4.98 Å². The molecule has 0 saturated heterocycles. The third-order valence-electron chi connectivity index (χ3n) is 3.51. The van der Waals surface area contributed by atoms with Crippen molar-refractivity contribution in [2.75, 3.05) is 26.0 Å². The van der Waals surface area contributed by atoms with E-state index in [9.17, 15) is 9.59 Å². The molecule has 1 unspecified atom stereocenters. The van der Waals surface area contributed by atoms with Crippen molar-refractivity contribution in [1.82, 2.24) is 14.9 Å². The third kappa shape index (κ3) is 3.89. The maximum atomic E-state index is 12.4. The highest BCUT2D eigenvalue weighted by Crippen LogP contribution is 2.33. The van der Waals surface area contributed by atoms with Crippen LogP contribution in [-0.2, 0) is 14.9 Å². The van der Waals surface area contributed by atoms with E-state index in [4.69, 9.17) is 4.74 Å². The number of amides is 1. The van der Waals surface area contributed by atoms with Gasteiger partial charge in [0.2, 0.25) is 5.91 Å². The summed E-state index contributed by atoms with van der Waals surface area (Å²) in [4.78, 5) is 28.9. The Hall–Kier alpha value is -1.34. The fourth-order valence-electron chi connectivity index (χ4n) is 2.27. The van der Waals surface area contributed by atoms with Crippen molar-refractivity contribution in [3.63, 3.8) is 0 Å². The summed E-state index contributed by atoms with van der Waals surface area (Å²) in [6.07, 6.45) is 0.292. The molecule has 1 atom stereocenters. The molecule has 1 aromatic rings. The van der Waals surface area contributed by atoms with E-state index in [0.29, 0.717) is 30.5 Å². The molecule has 1 aromatic heterocycles. The molecule has 0 radical (unpaired) electrons. The van der Waals surface area contributed by atoms with Gasteiger partial charge in [0, 0.05) is 37.3 Å². The Balaban J connectivity index is 2.13. The number of nitrogens with one attached hydrogen (secondary N) is 1. The number of carbonyl (C=O) groups is 1. The van der Waals surface area contributed by atoms with Crippen molar-refractivity contribution < 1.29 is 9.53 Å². The molecule has 7 heteroatoms. The molecule has 6 nitrogen and oxygen atoms in total. The first-order chi connectivity index (χ1) is 10.3. The van der Waals surface area contributed by atoms with Crippen LogP contribution in [0.5, 0.6) is 0 Å². The fraction of sp³-hybridized carbons (Fsp3) is 0.667. The smallest absolute Gasteiger partial charge is 0.254 e. The van der Waals surface area contributed by atoms with Gasteiger partial charge in [0.25, 0.3) is 5.56 Å². The standard InChI is InChI=1S/C15H23N3O3S/c1-15(2,3)11-8-13(20)18-10(9-22-14(18)17-11)7-12(19)16-5-6-21-4/h8,10H,5-7,9H2,1-4H3,(H,16,19). The minimum absolute atomic E-state index is 0.0673. The molecule has 0 aliphatic carbocycles. The third-order valence-corrected chi connectivity index (χ3v) is 4.61. The van der Waals surface area contributed by atoms with Gasteiger partial charge < -0.3 is 10.1 Å². The molecule has 122 valence electrons. The number of hydrogen-bond donors (Lipinski definition) is 1. The predicted molar refractivity (Wildman–Crippen MR) is 86.5 cm³/mol. The Kier molecular flexibility index (Phi) is 5.28. The molecule has 1 amide bonds. The Morgan fingerprint density at radius 2 is 2.27 bits per heavy atom. The Bertz CT molecular complexity index is 607. The highest BCUT2D eigenvalue weighted by molar-refractivity contribution is 7.99. The van der Waals surface area contributed by atoms with Crippen molar-refractivity contribution in [2.45, 2.75) is 43.8 Å². The lowest BCUT2D eigenvalue weighted by Crippen LogP contribution is -2.32. The average molecular weight is 325 g/mol.